The highest BCUT2D eigenvalue weighted by Gasteiger charge is 2.25. The predicted octanol–water partition coefficient (Wildman–Crippen LogP) is 0.653. The van der Waals surface area contributed by atoms with Crippen LogP contribution in [0.25, 0.3) is 11.6 Å². The van der Waals surface area contributed by atoms with Crippen LogP contribution in [0.5, 0.6) is 0 Å². The number of halogens is 2. The first-order chi connectivity index (χ1) is 14.4. The van der Waals surface area contributed by atoms with Crippen molar-refractivity contribution in [2.45, 2.75) is 6.54 Å². The molecule has 0 radical (unpaired) electrons. The number of rotatable bonds is 5. The largest absolute Gasteiger partial charge is 0.480 e. The molecule has 2 aromatic heterocycles. The molecule has 0 spiro atoms. The van der Waals surface area contributed by atoms with Crippen LogP contribution < -0.4 is 4.90 Å². The van der Waals surface area contributed by atoms with Crippen LogP contribution in [0, 0.1) is 11.6 Å². The highest BCUT2D eigenvalue weighted by atomic mass is 19.2. The first kappa shape index (κ1) is 19.4. The second-order valence-corrected chi connectivity index (χ2v) is 6.49. The van der Waals surface area contributed by atoms with Gasteiger partial charge in [0.1, 0.15) is 0 Å². The number of hydrogen-bond donors (Lipinski definition) is 1. The van der Waals surface area contributed by atoms with E-state index in [-0.39, 0.29) is 23.1 Å². The lowest BCUT2D eigenvalue weighted by Crippen LogP contribution is -2.49. The average molecular weight is 419 g/mol. The third kappa shape index (κ3) is 3.94. The van der Waals surface area contributed by atoms with E-state index in [1.54, 1.807) is 11.0 Å². The van der Waals surface area contributed by atoms with Crippen molar-refractivity contribution in [1.29, 1.82) is 0 Å². The van der Waals surface area contributed by atoms with Gasteiger partial charge in [0, 0.05) is 37.8 Å². The quantitative estimate of drug-likeness (QED) is 0.633. The number of hydrogen-bond acceptors (Lipinski definition) is 8. The number of amides is 1. The summed E-state index contributed by atoms with van der Waals surface area (Å²) in [4.78, 5) is 27.5. The molecule has 0 unspecified atom stereocenters. The van der Waals surface area contributed by atoms with Crippen LogP contribution in [0.4, 0.5) is 14.6 Å². The van der Waals surface area contributed by atoms with Crippen LogP contribution in [0.3, 0.4) is 0 Å². The van der Waals surface area contributed by atoms with E-state index < -0.39 is 24.1 Å². The minimum absolute atomic E-state index is 0.0848. The standard InChI is InChI=1S/C17H15F2N7O4/c18-11-2-1-10(7-12(11)19)17(29)25-5-3-24(4-6-25)14-8-13(30-22-14)16-20-23-26(21-16)9-15(27)28/h1-2,7-8H,3-6,9H2,(H,27,28). The zero-order valence-corrected chi connectivity index (χ0v) is 15.4. The van der Waals surface area contributed by atoms with Crippen molar-refractivity contribution < 1.29 is 28.0 Å². The van der Waals surface area contributed by atoms with Gasteiger partial charge < -0.3 is 19.4 Å². The number of carboxylic acids is 1. The molecule has 0 atom stereocenters. The van der Waals surface area contributed by atoms with Crippen LogP contribution >= 0.6 is 0 Å². The van der Waals surface area contributed by atoms with Gasteiger partial charge in [0.05, 0.1) is 0 Å². The molecule has 4 rings (SSSR count). The van der Waals surface area contributed by atoms with E-state index in [4.69, 9.17) is 9.63 Å². The number of piperazine rings is 1. The van der Waals surface area contributed by atoms with Gasteiger partial charge in [-0.25, -0.2) is 8.78 Å². The lowest BCUT2D eigenvalue weighted by molar-refractivity contribution is -0.138. The lowest BCUT2D eigenvalue weighted by atomic mass is 10.1. The monoisotopic (exact) mass is 419 g/mol. The van der Waals surface area contributed by atoms with E-state index in [9.17, 15) is 18.4 Å². The Labute approximate surface area is 167 Å². The maximum Gasteiger partial charge on any atom is 0.327 e. The van der Waals surface area contributed by atoms with Gasteiger partial charge in [-0.15, -0.1) is 10.2 Å². The smallest absolute Gasteiger partial charge is 0.327 e. The maximum absolute atomic E-state index is 13.4. The second-order valence-electron chi connectivity index (χ2n) is 6.49. The van der Waals surface area contributed by atoms with Crippen molar-refractivity contribution in [2.75, 3.05) is 31.1 Å². The number of aromatic nitrogens is 5. The molecule has 13 heteroatoms. The van der Waals surface area contributed by atoms with Crippen molar-refractivity contribution in [1.82, 2.24) is 30.3 Å². The third-order valence-corrected chi connectivity index (χ3v) is 4.51. The molecule has 1 saturated heterocycles. The molecule has 1 amide bonds. The average Bonchev–Trinajstić information content (AvgIpc) is 3.39. The molecular weight excluding hydrogens is 404 g/mol. The summed E-state index contributed by atoms with van der Waals surface area (Å²) in [5, 5.41) is 24.0. The Kier molecular flexibility index (Phi) is 5.08. The topological polar surface area (TPSA) is 130 Å². The molecule has 0 bridgehead atoms. The molecule has 11 nitrogen and oxygen atoms in total. The van der Waals surface area contributed by atoms with Crippen LogP contribution in [0.15, 0.2) is 28.8 Å². The van der Waals surface area contributed by atoms with E-state index in [1.807, 2.05) is 4.90 Å². The number of nitrogens with zero attached hydrogens (tertiary/aromatic N) is 7. The summed E-state index contributed by atoms with van der Waals surface area (Å²) in [5.74, 6) is -2.73. The van der Waals surface area contributed by atoms with Crippen LogP contribution in [0.1, 0.15) is 10.4 Å². The first-order valence-electron chi connectivity index (χ1n) is 8.86. The summed E-state index contributed by atoms with van der Waals surface area (Å²) >= 11 is 0. The predicted molar refractivity (Wildman–Crippen MR) is 95.4 cm³/mol. The number of carbonyl (C=O) groups is 2. The number of carbonyl (C=O) groups excluding carboxylic acids is 1. The Bertz CT molecular complexity index is 1090. The molecule has 3 heterocycles. The van der Waals surface area contributed by atoms with Gasteiger partial charge in [0.25, 0.3) is 5.91 Å². The summed E-state index contributed by atoms with van der Waals surface area (Å²) in [6.07, 6.45) is 0. The molecule has 1 aliphatic rings. The summed E-state index contributed by atoms with van der Waals surface area (Å²) in [5.41, 5.74) is 0.0848. The fraction of sp³-hybridized carbons (Fsp3) is 0.294. The lowest BCUT2D eigenvalue weighted by Gasteiger charge is -2.34. The molecule has 3 aromatic rings. The summed E-state index contributed by atoms with van der Waals surface area (Å²) in [6.45, 7) is 1.17. The normalized spacial score (nSPS) is 14.2. The highest BCUT2D eigenvalue weighted by Crippen LogP contribution is 2.22. The van der Waals surface area contributed by atoms with Gasteiger partial charge in [0.15, 0.2) is 24.0 Å². The SMILES string of the molecule is O=C(O)Cn1nnc(-c2cc(N3CCN(C(=O)c4ccc(F)c(F)c4)CC3)no2)n1. The van der Waals surface area contributed by atoms with E-state index in [0.29, 0.717) is 32.0 Å². The highest BCUT2D eigenvalue weighted by molar-refractivity contribution is 5.94. The van der Waals surface area contributed by atoms with Crippen LogP contribution in [-0.2, 0) is 11.3 Å². The zero-order chi connectivity index (χ0) is 21.3. The fourth-order valence-electron chi connectivity index (χ4n) is 3.00. The number of tetrazole rings is 1. The number of benzene rings is 1. The molecule has 1 fully saturated rings. The Balaban J connectivity index is 1.38. The second kappa shape index (κ2) is 7.85. The molecule has 0 saturated carbocycles. The Morgan fingerprint density at radius 1 is 1.10 bits per heavy atom. The minimum Gasteiger partial charge on any atom is -0.480 e. The molecule has 1 N–H and O–H groups in total. The van der Waals surface area contributed by atoms with Crippen LogP contribution in [0.2, 0.25) is 0 Å². The molecule has 30 heavy (non-hydrogen) atoms. The van der Waals surface area contributed by atoms with Crippen molar-refractivity contribution in [3.8, 4) is 11.6 Å². The fourth-order valence-corrected chi connectivity index (χ4v) is 3.00. The Morgan fingerprint density at radius 3 is 2.57 bits per heavy atom. The van der Waals surface area contributed by atoms with Gasteiger partial charge in [-0.2, -0.15) is 4.80 Å². The number of carboxylic acid groups (broad SMARTS) is 1. The van der Waals surface area contributed by atoms with Gasteiger partial charge >= 0.3 is 5.97 Å². The molecule has 1 aromatic carbocycles. The van der Waals surface area contributed by atoms with E-state index in [0.717, 1.165) is 16.9 Å². The minimum atomic E-state index is -1.10. The molecule has 0 aliphatic carbocycles. The van der Waals surface area contributed by atoms with Crippen molar-refractivity contribution in [3.05, 3.63) is 41.5 Å². The number of anilines is 1. The van der Waals surface area contributed by atoms with Crippen molar-refractivity contribution >= 4 is 17.7 Å². The van der Waals surface area contributed by atoms with Crippen molar-refractivity contribution in [3.63, 3.8) is 0 Å². The third-order valence-electron chi connectivity index (χ3n) is 4.51. The Morgan fingerprint density at radius 2 is 1.87 bits per heavy atom. The summed E-state index contributed by atoms with van der Waals surface area (Å²) in [7, 11) is 0. The Hall–Kier alpha value is -3.90. The van der Waals surface area contributed by atoms with Gasteiger partial charge in [-0.05, 0) is 23.4 Å². The van der Waals surface area contributed by atoms with Crippen LogP contribution in [-0.4, -0.2) is 73.4 Å². The van der Waals surface area contributed by atoms with E-state index >= 15 is 0 Å². The molecular formula is C17H15F2N7O4. The molecule has 1 aliphatic heterocycles. The summed E-state index contributed by atoms with van der Waals surface area (Å²) < 4.78 is 31.7. The maximum atomic E-state index is 13.4. The van der Waals surface area contributed by atoms with Crippen molar-refractivity contribution in [2.24, 2.45) is 0 Å². The first-order valence-corrected chi connectivity index (χ1v) is 8.86. The van der Waals surface area contributed by atoms with Gasteiger partial charge in [-0.3, -0.25) is 9.59 Å². The summed E-state index contributed by atoms with van der Waals surface area (Å²) in [6, 6.07) is 4.66. The van der Waals surface area contributed by atoms with Gasteiger partial charge in [-0.1, -0.05) is 5.16 Å². The van der Waals surface area contributed by atoms with E-state index in [2.05, 4.69) is 20.6 Å². The van der Waals surface area contributed by atoms with E-state index in [1.165, 1.54) is 6.07 Å². The number of aliphatic carboxylic acids is 1. The molecule has 156 valence electrons. The zero-order valence-electron chi connectivity index (χ0n) is 15.4. The van der Waals surface area contributed by atoms with Gasteiger partial charge in [0.2, 0.25) is 11.6 Å².